The van der Waals surface area contributed by atoms with Crippen LogP contribution in [-0.2, 0) is 73.7 Å². The number of halogens is 2. The van der Waals surface area contributed by atoms with Crippen LogP contribution in [-0.4, -0.2) is 156 Å². The molecule has 1 aliphatic rings. The van der Waals surface area contributed by atoms with Crippen LogP contribution in [0.15, 0.2) is 60.8 Å². The average molecular weight is 1160 g/mol. The minimum Gasteiger partial charge on any atom is -0.481 e. The predicted octanol–water partition coefficient (Wildman–Crippen LogP) is 0.550. The van der Waals surface area contributed by atoms with Crippen molar-refractivity contribution in [1.82, 2.24) is 41.1 Å². The van der Waals surface area contributed by atoms with Crippen LogP contribution < -0.4 is 32.3 Å². The third-order valence-electron chi connectivity index (χ3n) is 12.0. The first kappa shape index (κ1) is 67.1. The highest BCUT2D eigenvalue weighted by Gasteiger charge is 2.39. The molecule has 0 radical (unpaired) electrons. The molecule has 0 spiro atoms. The van der Waals surface area contributed by atoms with Crippen molar-refractivity contribution < 1.29 is 96.4 Å². The van der Waals surface area contributed by atoms with Gasteiger partial charge in [-0.2, -0.15) is 0 Å². The highest BCUT2D eigenvalue weighted by molar-refractivity contribution is 6.02. The number of nitrogens with two attached hydrogens (primary N) is 1. The van der Waals surface area contributed by atoms with Gasteiger partial charge in [0.05, 0.1) is 18.9 Å². The molecule has 2 aromatic carbocycles. The van der Waals surface area contributed by atoms with Gasteiger partial charge in [-0.25, -0.2) is 13.6 Å². The Labute approximate surface area is 468 Å². The molecule has 4 unspecified atom stereocenters. The van der Waals surface area contributed by atoms with E-state index >= 15 is 4.39 Å². The summed E-state index contributed by atoms with van der Waals surface area (Å²) in [5.41, 5.74) is 5.72. The largest absolute Gasteiger partial charge is 0.481 e. The van der Waals surface area contributed by atoms with E-state index in [1.807, 2.05) is 12.1 Å². The number of hydroxylamine groups is 2. The number of nitrogens with one attached hydrogen (secondary N) is 5. The molecule has 29 heteroatoms. The van der Waals surface area contributed by atoms with E-state index in [1.165, 1.54) is 4.90 Å². The number of primary amides is 1. The standard InChI is InChI=1S/C50H61F2N9O16.C3H6O2/c1-50(2,3)46(36-20-29(31-21-30(51)12-13-32(31)52)26-59(36)25-28-8-5-4-6-9-28)60(42(68)27-62)19-17-33(47(74)54-18-16-38(64)55-24-44(71)72)57-48(75)34(22-37(53)63)58-49(76)35(23-43(69)70)56-39(65)10-7-11-45(73)77-61-40(66)14-15-41(61)67;1-2-3(4)5/h4-6,8-9,12-13,20-21,26,33-35,46,62H,7,10-11,14-19,22-25,27H2,1-3H3,(H2,53,63)(H,54,74)(H,55,64)(H,56,65)(H,57,75)(H,58,76)(H,69,70)(H,71,72);2H2,1H3,(H,4,5). The number of imide groups is 1. The predicted molar refractivity (Wildman–Crippen MR) is 280 cm³/mol. The minimum absolute atomic E-state index is 0.108. The van der Waals surface area contributed by atoms with Gasteiger partial charge in [-0.15, -0.1) is 5.06 Å². The van der Waals surface area contributed by atoms with Crippen LogP contribution in [0.25, 0.3) is 11.1 Å². The van der Waals surface area contributed by atoms with Gasteiger partial charge in [-0.1, -0.05) is 58.0 Å². The van der Waals surface area contributed by atoms with Crippen molar-refractivity contribution in [2.24, 2.45) is 11.1 Å². The molecule has 11 N–H and O–H groups in total. The van der Waals surface area contributed by atoms with Crippen LogP contribution in [0.4, 0.5) is 8.78 Å². The summed E-state index contributed by atoms with van der Waals surface area (Å²) in [5.74, 6) is -15.2. The Kier molecular flexibility index (Phi) is 26.4. The fourth-order valence-corrected chi connectivity index (χ4v) is 8.13. The summed E-state index contributed by atoms with van der Waals surface area (Å²) in [7, 11) is 0. The van der Waals surface area contributed by atoms with E-state index in [-0.39, 0.29) is 43.4 Å². The molecular formula is C53H67F2N9O18. The second kappa shape index (κ2) is 32.2. The zero-order valence-corrected chi connectivity index (χ0v) is 45.4. The molecule has 4 atom stereocenters. The van der Waals surface area contributed by atoms with Gasteiger partial charge in [0, 0.05) is 81.2 Å². The van der Waals surface area contributed by atoms with Gasteiger partial charge in [0.1, 0.15) is 42.9 Å². The molecule has 9 amide bonds. The van der Waals surface area contributed by atoms with Crippen LogP contribution in [0.3, 0.4) is 0 Å². The summed E-state index contributed by atoms with van der Waals surface area (Å²) in [4.78, 5) is 167. The first-order valence-corrected chi connectivity index (χ1v) is 25.6. The van der Waals surface area contributed by atoms with Gasteiger partial charge in [-0.3, -0.25) is 57.5 Å². The minimum atomic E-state index is -1.98. The van der Waals surface area contributed by atoms with Crippen molar-refractivity contribution in [3.05, 3.63) is 83.7 Å². The lowest BCUT2D eigenvalue weighted by atomic mass is 9.82. The SMILES string of the molecule is CC(C)(C)C(c1cc(-c2cc(F)ccc2F)cn1Cc1ccccc1)N(CCC(NC(=O)C(CC(N)=O)NC(=O)C(CC(=O)O)NC(=O)CCCC(=O)ON1C(=O)CCC1=O)C(=O)NCCC(=O)NCC(=O)O)C(=O)CO.CCC(=O)O. The number of hydrogen-bond donors (Lipinski definition) is 10. The van der Waals surface area contributed by atoms with E-state index in [0.717, 1.165) is 23.8 Å². The molecule has 0 aliphatic carbocycles. The van der Waals surface area contributed by atoms with Gasteiger partial charge in [0.2, 0.25) is 41.4 Å². The number of carbonyl (C=O) groups is 13. The number of carboxylic acids is 3. The molecule has 446 valence electrons. The van der Waals surface area contributed by atoms with Crippen molar-refractivity contribution in [3.8, 4) is 11.1 Å². The zero-order chi connectivity index (χ0) is 61.4. The van der Waals surface area contributed by atoms with Gasteiger partial charge in [0.15, 0.2) is 0 Å². The smallest absolute Gasteiger partial charge is 0.333 e. The third-order valence-corrected chi connectivity index (χ3v) is 12.0. The number of aliphatic hydroxyl groups excluding tert-OH is 1. The van der Waals surface area contributed by atoms with E-state index in [2.05, 4.69) is 26.6 Å². The highest BCUT2D eigenvalue weighted by Crippen LogP contribution is 2.41. The fraction of sp³-hybridized carbons (Fsp3) is 0.453. The summed E-state index contributed by atoms with van der Waals surface area (Å²) >= 11 is 0. The molecule has 2 heterocycles. The van der Waals surface area contributed by atoms with Crippen LogP contribution in [0.5, 0.6) is 0 Å². The van der Waals surface area contributed by atoms with E-state index in [9.17, 15) is 76.9 Å². The van der Waals surface area contributed by atoms with Gasteiger partial charge in [-0.05, 0) is 48.1 Å². The molecule has 1 saturated heterocycles. The van der Waals surface area contributed by atoms with Crippen molar-refractivity contribution in [3.63, 3.8) is 0 Å². The zero-order valence-electron chi connectivity index (χ0n) is 45.4. The van der Waals surface area contributed by atoms with Crippen LogP contribution >= 0.6 is 0 Å². The molecule has 1 aromatic heterocycles. The third kappa shape index (κ3) is 22.2. The fourth-order valence-electron chi connectivity index (χ4n) is 8.13. The van der Waals surface area contributed by atoms with Crippen molar-refractivity contribution in [2.75, 3.05) is 26.2 Å². The number of aromatic nitrogens is 1. The van der Waals surface area contributed by atoms with E-state index in [0.29, 0.717) is 10.8 Å². The van der Waals surface area contributed by atoms with Crippen molar-refractivity contribution in [1.29, 1.82) is 0 Å². The molecule has 0 bridgehead atoms. The number of carboxylic acid groups (broad SMARTS) is 3. The van der Waals surface area contributed by atoms with E-state index < -0.39 is 183 Å². The van der Waals surface area contributed by atoms with Crippen molar-refractivity contribution >= 4 is 77.0 Å². The Hall–Kier alpha value is -9.15. The molecule has 1 fully saturated rings. The number of nitrogens with zero attached hydrogens (tertiary/aromatic N) is 3. The lowest BCUT2D eigenvalue weighted by Crippen LogP contribution is -2.58. The molecule has 1 aliphatic heterocycles. The maximum absolute atomic E-state index is 15.3. The molecule has 82 heavy (non-hydrogen) atoms. The molecular weight excluding hydrogens is 1090 g/mol. The molecule has 27 nitrogen and oxygen atoms in total. The highest BCUT2D eigenvalue weighted by atomic mass is 19.1. The molecule has 4 rings (SSSR count). The Bertz CT molecular complexity index is 2820. The van der Waals surface area contributed by atoms with Gasteiger partial charge < -0.3 is 67.0 Å². The number of rotatable bonds is 30. The maximum atomic E-state index is 15.3. The summed E-state index contributed by atoms with van der Waals surface area (Å²) in [6, 6.07) is 6.74. The summed E-state index contributed by atoms with van der Waals surface area (Å²) in [5, 5.41) is 48.2. The second-order valence-corrected chi connectivity index (χ2v) is 19.6. The number of aliphatic hydroxyl groups is 1. The quantitative estimate of drug-likeness (QED) is 0.0407. The van der Waals surface area contributed by atoms with Crippen LogP contribution in [0, 0.1) is 17.0 Å². The van der Waals surface area contributed by atoms with Crippen molar-refractivity contribution in [2.45, 2.75) is 123 Å². The number of amides is 9. The maximum Gasteiger partial charge on any atom is 0.333 e. The number of aliphatic carboxylic acids is 3. The summed E-state index contributed by atoms with van der Waals surface area (Å²) in [6.07, 6.45) is -2.83. The topological polar surface area (TPSA) is 410 Å². The first-order chi connectivity index (χ1) is 38.5. The number of carbonyl (C=O) groups excluding carboxylic acids is 10. The Morgan fingerprint density at radius 2 is 1.35 bits per heavy atom. The van der Waals surface area contributed by atoms with Crippen LogP contribution in [0.2, 0.25) is 0 Å². The van der Waals surface area contributed by atoms with E-state index in [4.69, 9.17) is 20.8 Å². The number of hydrogen-bond acceptors (Lipinski definition) is 15. The first-order valence-electron chi connectivity index (χ1n) is 25.6. The molecule has 0 saturated carbocycles. The Morgan fingerprint density at radius 1 is 0.744 bits per heavy atom. The lowest BCUT2D eigenvalue weighted by Gasteiger charge is -2.41. The Balaban J connectivity index is 0.00000337. The monoisotopic (exact) mass is 1160 g/mol. The Morgan fingerprint density at radius 3 is 1.91 bits per heavy atom. The van der Waals surface area contributed by atoms with Gasteiger partial charge in [0.25, 0.3) is 11.8 Å². The number of benzene rings is 2. The molecule has 3 aromatic rings. The normalized spacial score (nSPS) is 13.4. The summed E-state index contributed by atoms with van der Waals surface area (Å²) in [6.45, 7) is 4.26. The lowest BCUT2D eigenvalue weighted by molar-refractivity contribution is -0.197. The van der Waals surface area contributed by atoms with Gasteiger partial charge >= 0.3 is 23.9 Å². The second-order valence-electron chi connectivity index (χ2n) is 19.6. The van der Waals surface area contributed by atoms with E-state index in [1.54, 1.807) is 62.7 Å². The van der Waals surface area contributed by atoms with Crippen LogP contribution in [0.1, 0.15) is 109 Å². The average Bonchev–Trinajstić information content (AvgIpc) is 4.13. The summed E-state index contributed by atoms with van der Waals surface area (Å²) < 4.78 is 31.6.